The summed E-state index contributed by atoms with van der Waals surface area (Å²) in [5, 5.41) is 17.3. The lowest BCUT2D eigenvalue weighted by Gasteiger charge is -2.08. The molecule has 0 radical (unpaired) electrons. The molecule has 0 aromatic heterocycles. The number of para-hydroxylation sites is 1. The molecule has 0 bridgehead atoms. The SMILES string of the molecule is N#CCNC(=O)C(=O)Nc1ccccc1S(N)(=O)=O. The van der Waals surface area contributed by atoms with Gasteiger partial charge in [0, 0.05) is 0 Å². The lowest BCUT2D eigenvalue weighted by Crippen LogP contribution is -2.35. The number of hydrogen-bond acceptors (Lipinski definition) is 5. The number of carbonyl (C=O) groups is 2. The van der Waals surface area contributed by atoms with Crippen LogP contribution in [0.2, 0.25) is 0 Å². The van der Waals surface area contributed by atoms with Gasteiger partial charge in [-0.1, -0.05) is 12.1 Å². The largest absolute Gasteiger partial charge is 0.335 e. The molecule has 0 atom stereocenters. The minimum absolute atomic E-state index is 0.109. The van der Waals surface area contributed by atoms with E-state index in [1.165, 1.54) is 24.3 Å². The maximum atomic E-state index is 11.4. The highest BCUT2D eigenvalue weighted by Gasteiger charge is 2.18. The number of primary sulfonamides is 1. The molecular weight excluding hydrogens is 272 g/mol. The Hall–Kier alpha value is -2.44. The van der Waals surface area contributed by atoms with Crippen LogP contribution in [0.5, 0.6) is 0 Å². The van der Waals surface area contributed by atoms with Gasteiger partial charge in [0.15, 0.2) is 0 Å². The first-order valence-corrected chi connectivity index (χ1v) is 6.49. The summed E-state index contributed by atoms with van der Waals surface area (Å²) in [7, 11) is -4.02. The molecule has 1 rings (SSSR count). The molecule has 19 heavy (non-hydrogen) atoms. The van der Waals surface area contributed by atoms with Crippen molar-refractivity contribution in [3.63, 3.8) is 0 Å². The molecule has 0 unspecified atom stereocenters. The van der Waals surface area contributed by atoms with Gasteiger partial charge in [-0.2, -0.15) is 5.26 Å². The third kappa shape index (κ3) is 4.06. The average molecular weight is 282 g/mol. The predicted octanol–water partition coefficient (Wildman–Crippen LogP) is -1.09. The van der Waals surface area contributed by atoms with Crippen molar-refractivity contribution >= 4 is 27.5 Å². The number of amides is 2. The van der Waals surface area contributed by atoms with Crippen LogP contribution < -0.4 is 15.8 Å². The fourth-order valence-corrected chi connectivity index (χ4v) is 1.89. The average Bonchev–Trinajstić information content (AvgIpc) is 2.35. The van der Waals surface area contributed by atoms with Gasteiger partial charge in [0.1, 0.15) is 11.4 Å². The Kier molecular flexibility index (Phi) is 4.57. The van der Waals surface area contributed by atoms with E-state index in [1.807, 2.05) is 5.32 Å². The molecule has 0 heterocycles. The third-order valence-electron chi connectivity index (χ3n) is 1.98. The number of benzene rings is 1. The Morgan fingerprint density at radius 2 is 1.89 bits per heavy atom. The van der Waals surface area contributed by atoms with Crippen LogP contribution in [-0.4, -0.2) is 26.8 Å². The van der Waals surface area contributed by atoms with Crippen molar-refractivity contribution < 1.29 is 18.0 Å². The maximum absolute atomic E-state index is 11.4. The van der Waals surface area contributed by atoms with Crippen molar-refractivity contribution in [3.05, 3.63) is 24.3 Å². The van der Waals surface area contributed by atoms with Crippen molar-refractivity contribution in [3.8, 4) is 6.07 Å². The minimum Gasteiger partial charge on any atom is -0.335 e. The zero-order chi connectivity index (χ0) is 14.5. The fraction of sp³-hybridized carbons (Fsp3) is 0.100. The Bertz CT molecular complexity index is 648. The maximum Gasteiger partial charge on any atom is 0.313 e. The second kappa shape index (κ2) is 5.94. The summed E-state index contributed by atoms with van der Waals surface area (Å²) in [5.74, 6) is -2.14. The molecule has 1 aromatic carbocycles. The second-order valence-corrected chi connectivity index (χ2v) is 4.87. The van der Waals surface area contributed by atoms with Gasteiger partial charge in [-0.05, 0) is 12.1 Å². The van der Waals surface area contributed by atoms with Crippen molar-refractivity contribution in [1.29, 1.82) is 5.26 Å². The quantitative estimate of drug-likeness (QED) is 0.477. The number of nitrogens with one attached hydrogen (secondary N) is 2. The van der Waals surface area contributed by atoms with Gasteiger partial charge < -0.3 is 10.6 Å². The second-order valence-electron chi connectivity index (χ2n) is 3.34. The van der Waals surface area contributed by atoms with E-state index >= 15 is 0 Å². The van der Waals surface area contributed by atoms with E-state index in [0.29, 0.717) is 0 Å². The molecule has 4 N–H and O–H groups in total. The number of nitriles is 1. The molecule has 2 amide bonds. The number of hydrogen-bond donors (Lipinski definition) is 3. The third-order valence-corrected chi connectivity index (χ3v) is 2.95. The minimum atomic E-state index is -4.02. The first-order chi connectivity index (χ1) is 8.86. The van der Waals surface area contributed by atoms with E-state index in [9.17, 15) is 18.0 Å². The highest BCUT2D eigenvalue weighted by molar-refractivity contribution is 7.89. The zero-order valence-corrected chi connectivity index (χ0v) is 10.4. The van der Waals surface area contributed by atoms with Gasteiger partial charge in [-0.3, -0.25) is 9.59 Å². The zero-order valence-electron chi connectivity index (χ0n) is 9.58. The monoisotopic (exact) mass is 282 g/mol. The lowest BCUT2D eigenvalue weighted by molar-refractivity contribution is -0.136. The van der Waals surface area contributed by atoms with E-state index in [4.69, 9.17) is 10.4 Å². The van der Waals surface area contributed by atoms with Crippen LogP contribution in [0, 0.1) is 11.3 Å². The molecule has 0 saturated heterocycles. The Balaban J connectivity index is 2.93. The topological polar surface area (TPSA) is 142 Å². The van der Waals surface area contributed by atoms with Gasteiger partial charge in [0.2, 0.25) is 10.0 Å². The van der Waals surface area contributed by atoms with Gasteiger partial charge in [0.05, 0.1) is 11.8 Å². The highest BCUT2D eigenvalue weighted by Crippen LogP contribution is 2.18. The predicted molar refractivity (Wildman–Crippen MR) is 65.1 cm³/mol. The molecule has 8 nitrogen and oxygen atoms in total. The summed E-state index contributed by atoms with van der Waals surface area (Å²) in [6, 6.07) is 7.00. The lowest BCUT2D eigenvalue weighted by atomic mass is 10.3. The Morgan fingerprint density at radius 1 is 1.26 bits per heavy atom. The van der Waals surface area contributed by atoms with E-state index in [-0.39, 0.29) is 17.1 Å². The van der Waals surface area contributed by atoms with E-state index in [0.717, 1.165) is 0 Å². The summed E-state index contributed by atoms with van der Waals surface area (Å²) < 4.78 is 22.5. The molecule has 0 aliphatic rings. The summed E-state index contributed by atoms with van der Waals surface area (Å²) in [6.45, 7) is -0.330. The van der Waals surface area contributed by atoms with E-state index in [1.54, 1.807) is 6.07 Å². The van der Waals surface area contributed by atoms with Crippen molar-refractivity contribution in [2.24, 2.45) is 5.14 Å². The molecule has 1 aromatic rings. The summed E-state index contributed by atoms with van der Waals surface area (Å²) in [4.78, 5) is 22.3. The van der Waals surface area contributed by atoms with Crippen molar-refractivity contribution in [1.82, 2.24) is 5.32 Å². The molecule has 0 spiro atoms. The number of carbonyl (C=O) groups excluding carboxylic acids is 2. The van der Waals surface area contributed by atoms with Crippen LogP contribution >= 0.6 is 0 Å². The van der Waals surface area contributed by atoms with E-state index in [2.05, 4.69) is 5.32 Å². The van der Waals surface area contributed by atoms with Gasteiger partial charge >= 0.3 is 11.8 Å². The van der Waals surface area contributed by atoms with Crippen molar-refractivity contribution in [2.45, 2.75) is 4.90 Å². The van der Waals surface area contributed by atoms with Gasteiger partial charge in [0.25, 0.3) is 0 Å². The molecule has 0 fully saturated rings. The standard InChI is InChI=1S/C10H10N4O4S/c11-5-6-13-9(15)10(16)14-7-3-1-2-4-8(7)19(12,17)18/h1-4H,6H2,(H,13,15)(H,14,16)(H2,12,17,18). The number of anilines is 1. The van der Waals surface area contributed by atoms with Gasteiger partial charge in [-0.15, -0.1) is 0 Å². The van der Waals surface area contributed by atoms with Crippen LogP contribution in [-0.2, 0) is 19.6 Å². The first kappa shape index (κ1) is 14.6. The van der Waals surface area contributed by atoms with Crippen LogP contribution in [0.3, 0.4) is 0 Å². The van der Waals surface area contributed by atoms with Crippen LogP contribution in [0.15, 0.2) is 29.2 Å². The Labute approximate surface area is 109 Å². The molecule has 100 valence electrons. The smallest absolute Gasteiger partial charge is 0.313 e. The summed E-state index contributed by atoms with van der Waals surface area (Å²) >= 11 is 0. The van der Waals surface area contributed by atoms with Crippen LogP contribution in [0.25, 0.3) is 0 Å². The molecule has 0 aliphatic heterocycles. The Morgan fingerprint density at radius 3 is 2.47 bits per heavy atom. The number of rotatable bonds is 3. The summed E-state index contributed by atoms with van der Waals surface area (Å²) in [5.41, 5.74) is -0.109. The molecule has 0 aliphatic carbocycles. The number of nitrogens with two attached hydrogens (primary N) is 1. The van der Waals surface area contributed by atoms with Crippen molar-refractivity contribution in [2.75, 3.05) is 11.9 Å². The number of nitrogens with zero attached hydrogens (tertiary/aromatic N) is 1. The van der Waals surface area contributed by atoms with Gasteiger partial charge in [-0.25, -0.2) is 13.6 Å². The van der Waals surface area contributed by atoms with Crippen LogP contribution in [0.1, 0.15) is 0 Å². The molecule has 0 saturated carbocycles. The van der Waals surface area contributed by atoms with Crippen LogP contribution in [0.4, 0.5) is 5.69 Å². The summed E-state index contributed by atoms with van der Waals surface area (Å²) in [6.07, 6.45) is 0. The highest BCUT2D eigenvalue weighted by atomic mass is 32.2. The molecule has 9 heteroatoms. The molecular formula is C10H10N4O4S. The normalized spacial score (nSPS) is 10.3. The van der Waals surface area contributed by atoms with E-state index < -0.39 is 21.8 Å². The fourth-order valence-electron chi connectivity index (χ4n) is 1.20. The first-order valence-electron chi connectivity index (χ1n) is 4.94. The number of sulfonamides is 1.